The Kier molecular flexibility index (Phi) is 5.29. The number of pyridine rings is 1. The van der Waals surface area contributed by atoms with Gasteiger partial charge in [-0.05, 0) is 31.9 Å². The standard InChI is InChI=1S/C22H27N7O4/c1-22(32-3)7-6-16(22)26-20(30)14-10-24-29-18(23-2)9-17(27-19(14)29)25-15-5-4-8-28(21(15)31)13-11-33-12-13/h4-5,8-10,13,16,23H,6-7,11-12H2,1-3H3,(H,25,27)(H,26,30)/t16?,22-/m0/s1. The second-order valence-electron chi connectivity index (χ2n) is 8.60. The van der Waals surface area contributed by atoms with Gasteiger partial charge in [-0.3, -0.25) is 9.59 Å². The molecule has 0 spiro atoms. The lowest BCUT2D eigenvalue weighted by atomic mass is 9.76. The fourth-order valence-corrected chi connectivity index (χ4v) is 4.18. The zero-order chi connectivity index (χ0) is 23.2. The Bertz CT molecular complexity index is 1260. The minimum atomic E-state index is -0.367. The number of rotatable bonds is 7. The number of hydrogen-bond acceptors (Lipinski definition) is 8. The molecule has 174 valence electrons. The first-order valence-electron chi connectivity index (χ1n) is 10.9. The molecule has 0 bridgehead atoms. The number of aromatic nitrogens is 4. The van der Waals surface area contributed by atoms with Crippen molar-refractivity contribution in [3.63, 3.8) is 0 Å². The number of methoxy groups -OCH3 is 1. The summed E-state index contributed by atoms with van der Waals surface area (Å²) in [4.78, 5) is 30.6. The van der Waals surface area contributed by atoms with E-state index >= 15 is 0 Å². The number of carbonyl (C=O) groups is 1. The molecule has 3 N–H and O–H groups in total. The number of ether oxygens (including phenoxy) is 2. The third-order valence-corrected chi connectivity index (χ3v) is 6.66. The fraction of sp³-hybridized carbons (Fsp3) is 0.455. The lowest BCUT2D eigenvalue weighted by molar-refractivity contribution is -0.0828. The van der Waals surface area contributed by atoms with E-state index in [0.29, 0.717) is 41.7 Å². The van der Waals surface area contributed by atoms with E-state index in [-0.39, 0.29) is 29.2 Å². The minimum absolute atomic E-state index is 0.0389. The molecule has 1 aliphatic carbocycles. The third-order valence-electron chi connectivity index (χ3n) is 6.66. The summed E-state index contributed by atoms with van der Waals surface area (Å²) in [6.45, 7) is 3.03. The summed E-state index contributed by atoms with van der Waals surface area (Å²) in [6.07, 6.45) is 4.99. The largest absolute Gasteiger partial charge is 0.377 e. The van der Waals surface area contributed by atoms with Crippen LogP contribution >= 0.6 is 0 Å². The maximum absolute atomic E-state index is 13.0. The van der Waals surface area contributed by atoms with Crippen molar-refractivity contribution < 1.29 is 14.3 Å². The molecule has 33 heavy (non-hydrogen) atoms. The average Bonchev–Trinajstić information content (AvgIpc) is 3.21. The van der Waals surface area contributed by atoms with Gasteiger partial charge in [-0.2, -0.15) is 9.61 Å². The Hall–Kier alpha value is -3.44. The highest BCUT2D eigenvalue weighted by molar-refractivity contribution is 6.00. The quantitative estimate of drug-likeness (QED) is 0.492. The van der Waals surface area contributed by atoms with E-state index in [1.54, 1.807) is 41.6 Å². The van der Waals surface area contributed by atoms with Gasteiger partial charge in [-0.15, -0.1) is 0 Å². The molecule has 1 aliphatic heterocycles. The third kappa shape index (κ3) is 3.62. The normalized spacial score (nSPS) is 22.5. The monoisotopic (exact) mass is 453 g/mol. The van der Waals surface area contributed by atoms with Gasteiger partial charge < -0.3 is 30.0 Å². The van der Waals surface area contributed by atoms with Crippen LogP contribution in [-0.2, 0) is 9.47 Å². The van der Waals surface area contributed by atoms with Gasteiger partial charge in [0.05, 0.1) is 37.1 Å². The molecule has 1 unspecified atom stereocenters. The van der Waals surface area contributed by atoms with E-state index in [9.17, 15) is 9.59 Å². The molecule has 1 saturated heterocycles. The Morgan fingerprint density at radius 3 is 2.82 bits per heavy atom. The van der Waals surface area contributed by atoms with Gasteiger partial charge >= 0.3 is 0 Å². The second kappa shape index (κ2) is 8.16. The van der Waals surface area contributed by atoms with E-state index in [1.165, 1.54) is 6.20 Å². The van der Waals surface area contributed by atoms with Gasteiger partial charge in [0.1, 0.15) is 22.9 Å². The summed E-state index contributed by atoms with van der Waals surface area (Å²) in [6, 6.07) is 5.21. The zero-order valence-electron chi connectivity index (χ0n) is 18.8. The molecule has 1 saturated carbocycles. The number of anilines is 3. The fourth-order valence-electron chi connectivity index (χ4n) is 4.18. The predicted molar refractivity (Wildman–Crippen MR) is 122 cm³/mol. The summed E-state index contributed by atoms with van der Waals surface area (Å²) in [5.41, 5.74) is 0.586. The molecule has 0 radical (unpaired) electrons. The molecule has 2 fully saturated rings. The van der Waals surface area contributed by atoms with Crippen molar-refractivity contribution in [1.82, 2.24) is 24.5 Å². The van der Waals surface area contributed by atoms with E-state index in [0.717, 1.165) is 12.8 Å². The van der Waals surface area contributed by atoms with Crippen LogP contribution in [0.3, 0.4) is 0 Å². The molecule has 5 rings (SSSR count). The molecule has 2 aliphatic rings. The number of nitrogens with zero attached hydrogens (tertiary/aromatic N) is 4. The smallest absolute Gasteiger partial charge is 0.274 e. The van der Waals surface area contributed by atoms with Crippen molar-refractivity contribution in [2.75, 3.05) is 38.0 Å². The van der Waals surface area contributed by atoms with Crippen LogP contribution < -0.4 is 21.5 Å². The lowest BCUT2D eigenvalue weighted by Gasteiger charge is -2.45. The second-order valence-corrected chi connectivity index (χ2v) is 8.60. The Labute approximate surface area is 190 Å². The van der Waals surface area contributed by atoms with Crippen molar-refractivity contribution >= 4 is 28.9 Å². The van der Waals surface area contributed by atoms with E-state index in [4.69, 9.17) is 9.47 Å². The average molecular weight is 454 g/mol. The highest BCUT2D eigenvalue weighted by Crippen LogP contribution is 2.35. The highest BCUT2D eigenvalue weighted by atomic mass is 16.5. The van der Waals surface area contributed by atoms with E-state index < -0.39 is 0 Å². The van der Waals surface area contributed by atoms with E-state index in [1.807, 2.05) is 13.0 Å². The van der Waals surface area contributed by atoms with Crippen molar-refractivity contribution in [2.45, 2.75) is 37.5 Å². The molecule has 3 aromatic rings. The number of fused-ring (bicyclic) bond motifs is 1. The first-order chi connectivity index (χ1) is 15.9. The summed E-state index contributed by atoms with van der Waals surface area (Å²) in [5.74, 6) is 0.777. The Morgan fingerprint density at radius 1 is 1.36 bits per heavy atom. The molecular formula is C22H27N7O4. The number of hydrogen-bond donors (Lipinski definition) is 3. The molecule has 2 atom stereocenters. The van der Waals surface area contributed by atoms with Crippen LogP contribution in [0.1, 0.15) is 36.2 Å². The highest BCUT2D eigenvalue weighted by Gasteiger charge is 2.44. The SMILES string of the molecule is CNc1cc(Nc2cccn(C3COC3)c2=O)nc2c(C(=O)NC3CC[C@]3(C)OC)cnn12. The predicted octanol–water partition coefficient (Wildman–Crippen LogP) is 1.54. The molecular weight excluding hydrogens is 426 g/mol. The van der Waals surface area contributed by atoms with Gasteiger partial charge in [0.2, 0.25) is 0 Å². The molecule has 3 aromatic heterocycles. The molecule has 11 heteroatoms. The van der Waals surface area contributed by atoms with Gasteiger partial charge in [0, 0.05) is 26.4 Å². The van der Waals surface area contributed by atoms with Crippen LogP contribution in [0, 0.1) is 0 Å². The van der Waals surface area contributed by atoms with Gasteiger partial charge in [-0.25, -0.2) is 4.98 Å². The minimum Gasteiger partial charge on any atom is -0.377 e. The molecule has 11 nitrogen and oxygen atoms in total. The van der Waals surface area contributed by atoms with Crippen LogP contribution in [0.15, 0.2) is 35.4 Å². The van der Waals surface area contributed by atoms with Crippen molar-refractivity contribution in [1.29, 1.82) is 0 Å². The van der Waals surface area contributed by atoms with Crippen LogP contribution in [0.25, 0.3) is 5.65 Å². The van der Waals surface area contributed by atoms with Gasteiger partial charge in [-0.1, -0.05) is 0 Å². The summed E-state index contributed by atoms with van der Waals surface area (Å²) < 4.78 is 14.0. The molecule has 1 amide bonds. The van der Waals surface area contributed by atoms with Crippen molar-refractivity contribution in [3.05, 3.63) is 46.5 Å². The summed E-state index contributed by atoms with van der Waals surface area (Å²) in [7, 11) is 3.41. The summed E-state index contributed by atoms with van der Waals surface area (Å²) in [5, 5.41) is 13.5. The van der Waals surface area contributed by atoms with Gasteiger partial charge in [0.25, 0.3) is 11.5 Å². The van der Waals surface area contributed by atoms with Crippen molar-refractivity contribution in [2.24, 2.45) is 0 Å². The van der Waals surface area contributed by atoms with Crippen LogP contribution in [0.5, 0.6) is 0 Å². The van der Waals surface area contributed by atoms with Crippen LogP contribution in [0.4, 0.5) is 17.3 Å². The van der Waals surface area contributed by atoms with Gasteiger partial charge in [0.15, 0.2) is 5.65 Å². The maximum atomic E-state index is 13.0. The lowest BCUT2D eigenvalue weighted by Crippen LogP contribution is -2.59. The van der Waals surface area contributed by atoms with Crippen LogP contribution in [0.2, 0.25) is 0 Å². The Balaban J connectivity index is 1.46. The van der Waals surface area contributed by atoms with E-state index in [2.05, 4.69) is 26.0 Å². The maximum Gasteiger partial charge on any atom is 0.274 e. The first kappa shape index (κ1) is 21.4. The first-order valence-corrected chi connectivity index (χ1v) is 10.9. The number of nitrogens with one attached hydrogen (secondary N) is 3. The Morgan fingerprint density at radius 2 is 2.18 bits per heavy atom. The van der Waals surface area contributed by atoms with Crippen LogP contribution in [-0.4, -0.2) is 64.1 Å². The number of amides is 1. The molecule has 4 heterocycles. The molecule has 0 aromatic carbocycles. The topological polar surface area (TPSA) is 124 Å². The number of carbonyl (C=O) groups excluding carboxylic acids is 1. The van der Waals surface area contributed by atoms with Crippen molar-refractivity contribution in [3.8, 4) is 0 Å². The zero-order valence-corrected chi connectivity index (χ0v) is 18.8. The summed E-state index contributed by atoms with van der Waals surface area (Å²) >= 11 is 0.